The zero-order valence-corrected chi connectivity index (χ0v) is 9.66. The van der Waals surface area contributed by atoms with Crippen LogP contribution in [-0.4, -0.2) is 5.11 Å². The third-order valence-corrected chi connectivity index (χ3v) is 3.66. The van der Waals surface area contributed by atoms with Gasteiger partial charge in [0.2, 0.25) is 0 Å². The number of aryl methyl sites for hydroxylation is 1. The number of rotatable bonds is 4. The molecule has 2 rings (SSSR count). The zero-order chi connectivity index (χ0) is 10.9. The molecule has 1 N–H and O–H groups in total. The van der Waals surface area contributed by atoms with Crippen LogP contribution in [0.25, 0.3) is 0 Å². The molecular formula is C14H20O. The normalized spacial score (nSPS) is 19.9. The van der Waals surface area contributed by atoms with Crippen molar-refractivity contribution in [3.8, 4) is 0 Å². The predicted molar refractivity (Wildman–Crippen MR) is 62.7 cm³/mol. The third-order valence-electron chi connectivity index (χ3n) is 3.66. The van der Waals surface area contributed by atoms with Crippen LogP contribution in [0.2, 0.25) is 0 Å². The molecule has 1 aliphatic carbocycles. The molecule has 0 aliphatic heterocycles. The minimum absolute atomic E-state index is 0.496. The Morgan fingerprint density at radius 3 is 2.47 bits per heavy atom. The fourth-order valence-corrected chi connectivity index (χ4v) is 2.51. The maximum absolute atomic E-state index is 10.7. The molecule has 1 unspecified atom stereocenters. The Morgan fingerprint density at radius 1 is 1.27 bits per heavy atom. The van der Waals surface area contributed by atoms with Crippen molar-refractivity contribution in [2.24, 2.45) is 5.92 Å². The summed E-state index contributed by atoms with van der Waals surface area (Å²) in [6, 6.07) is 8.34. The maximum Gasteiger partial charge on any atom is 0.0924 e. The first-order chi connectivity index (χ1) is 7.22. The smallest absolute Gasteiger partial charge is 0.0924 e. The summed E-state index contributed by atoms with van der Waals surface area (Å²) in [6.45, 7) is 4.24. The van der Waals surface area contributed by atoms with Gasteiger partial charge in [-0.05, 0) is 42.7 Å². The van der Waals surface area contributed by atoms with E-state index in [1.54, 1.807) is 0 Å². The molecule has 0 amide bonds. The van der Waals surface area contributed by atoms with Crippen LogP contribution in [-0.2, 0) is 12.0 Å². The zero-order valence-electron chi connectivity index (χ0n) is 9.66. The van der Waals surface area contributed by atoms with E-state index in [4.69, 9.17) is 0 Å². The van der Waals surface area contributed by atoms with E-state index in [1.165, 1.54) is 18.4 Å². The highest BCUT2D eigenvalue weighted by molar-refractivity contribution is 5.34. The Bertz CT molecular complexity index is 341. The second-order valence-corrected chi connectivity index (χ2v) is 4.56. The summed E-state index contributed by atoms with van der Waals surface area (Å²) in [5.74, 6) is 0.496. The van der Waals surface area contributed by atoms with E-state index in [9.17, 15) is 5.11 Å². The fourth-order valence-electron chi connectivity index (χ4n) is 2.51. The molecule has 0 saturated heterocycles. The van der Waals surface area contributed by atoms with Gasteiger partial charge in [-0.2, -0.15) is 0 Å². The molecule has 0 aromatic heterocycles. The minimum atomic E-state index is -0.563. The SMILES string of the molecule is CCc1ccccc1C(O)(CC)C1CC1. The largest absolute Gasteiger partial charge is 0.385 e. The highest BCUT2D eigenvalue weighted by Gasteiger charge is 2.44. The molecule has 1 aromatic rings. The van der Waals surface area contributed by atoms with E-state index in [1.807, 2.05) is 6.07 Å². The molecule has 1 nitrogen and oxygen atoms in total. The summed E-state index contributed by atoms with van der Waals surface area (Å²) in [5, 5.41) is 10.7. The van der Waals surface area contributed by atoms with Gasteiger partial charge >= 0.3 is 0 Å². The Labute approximate surface area is 92.1 Å². The molecule has 1 fully saturated rings. The van der Waals surface area contributed by atoms with E-state index in [-0.39, 0.29) is 0 Å². The van der Waals surface area contributed by atoms with Gasteiger partial charge < -0.3 is 5.11 Å². The van der Waals surface area contributed by atoms with Crippen LogP contribution in [0.1, 0.15) is 44.2 Å². The molecule has 1 heteroatoms. The van der Waals surface area contributed by atoms with E-state index in [0.29, 0.717) is 5.92 Å². The second kappa shape index (κ2) is 3.97. The van der Waals surface area contributed by atoms with Gasteiger partial charge in [-0.15, -0.1) is 0 Å². The Hall–Kier alpha value is -0.820. The van der Waals surface area contributed by atoms with Crippen LogP contribution in [0.15, 0.2) is 24.3 Å². The highest BCUT2D eigenvalue weighted by atomic mass is 16.3. The minimum Gasteiger partial charge on any atom is -0.385 e. The number of hydrogen-bond acceptors (Lipinski definition) is 1. The lowest BCUT2D eigenvalue weighted by atomic mass is 9.83. The van der Waals surface area contributed by atoms with Crippen molar-refractivity contribution in [3.63, 3.8) is 0 Å². The van der Waals surface area contributed by atoms with Gasteiger partial charge in [-0.1, -0.05) is 38.1 Å². The standard InChI is InChI=1S/C14H20O/c1-3-11-7-5-6-8-13(11)14(15,4-2)12-9-10-12/h5-8,12,15H,3-4,9-10H2,1-2H3. The molecule has 82 valence electrons. The van der Waals surface area contributed by atoms with Crippen LogP contribution in [0.5, 0.6) is 0 Å². The fraction of sp³-hybridized carbons (Fsp3) is 0.571. The summed E-state index contributed by atoms with van der Waals surface area (Å²) < 4.78 is 0. The quantitative estimate of drug-likeness (QED) is 0.798. The van der Waals surface area contributed by atoms with E-state index in [0.717, 1.165) is 18.4 Å². The van der Waals surface area contributed by atoms with Crippen molar-refractivity contribution in [2.75, 3.05) is 0 Å². The number of benzene rings is 1. The topological polar surface area (TPSA) is 20.2 Å². The van der Waals surface area contributed by atoms with E-state index < -0.39 is 5.60 Å². The Balaban J connectivity index is 2.41. The highest BCUT2D eigenvalue weighted by Crippen LogP contribution is 2.48. The van der Waals surface area contributed by atoms with Crippen LogP contribution >= 0.6 is 0 Å². The molecule has 1 atom stereocenters. The van der Waals surface area contributed by atoms with Crippen LogP contribution in [0.3, 0.4) is 0 Å². The van der Waals surface area contributed by atoms with Gasteiger partial charge in [0.1, 0.15) is 0 Å². The molecule has 1 aromatic carbocycles. The summed E-state index contributed by atoms with van der Waals surface area (Å²) in [7, 11) is 0. The predicted octanol–water partition coefficient (Wildman–Crippen LogP) is 3.26. The summed E-state index contributed by atoms with van der Waals surface area (Å²) >= 11 is 0. The summed E-state index contributed by atoms with van der Waals surface area (Å²) in [6.07, 6.45) is 4.20. The van der Waals surface area contributed by atoms with Crippen molar-refractivity contribution in [2.45, 2.75) is 45.1 Å². The molecule has 0 radical (unpaired) electrons. The molecule has 1 aliphatic rings. The van der Waals surface area contributed by atoms with Gasteiger partial charge in [0.25, 0.3) is 0 Å². The summed E-state index contributed by atoms with van der Waals surface area (Å²) in [4.78, 5) is 0. The molecule has 0 spiro atoms. The van der Waals surface area contributed by atoms with Gasteiger partial charge in [0, 0.05) is 0 Å². The van der Waals surface area contributed by atoms with Crippen LogP contribution in [0, 0.1) is 5.92 Å². The molecule has 1 saturated carbocycles. The van der Waals surface area contributed by atoms with Crippen molar-refractivity contribution >= 4 is 0 Å². The first-order valence-corrected chi connectivity index (χ1v) is 6.03. The van der Waals surface area contributed by atoms with Crippen molar-refractivity contribution in [1.82, 2.24) is 0 Å². The third kappa shape index (κ3) is 1.81. The molecule has 15 heavy (non-hydrogen) atoms. The van der Waals surface area contributed by atoms with E-state index in [2.05, 4.69) is 32.0 Å². The van der Waals surface area contributed by atoms with Gasteiger partial charge in [-0.25, -0.2) is 0 Å². The van der Waals surface area contributed by atoms with Crippen LogP contribution in [0.4, 0.5) is 0 Å². The Kier molecular flexibility index (Phi) is 2.83. The van der Waals surface area contributed by atoms with Gasteiger partial charge in [0.15, 0.2) is 0 Å². The first kappa shape index (κ1) is 10.7. The Morgan fingerprint density at radius 2 is 1.93 bits per heavy atom. The summed E-state index contributed by atoms with van der Waals surface area (Å²) in [5.41, 5.74) is 1.90. The van der Waals surface area contributed by atoms with Crippen molar-refractivity contribution in [3.05, 3.63) is 35.4 Å². The lowest BCUT2D eigenvalue weighted by Crippen LogP contribution is -2.28. The lowest BCUT2D eigenvalue weighted by molar-refractivity contribution is 0.00811. The van der Waals surface area contributed by atoms with Crippen LogP contribution < -0.4 is 0 Å². The number of aliphatic hydroxyl groups is 1. The maximum atomic E-state index is 10.7. The second-order valence-electron chi connectivity index (χ2n) is 4.56. The average molecular weight is 204 g/mol. The lowest BCUT2D eigenvalue weighted by Gasteiger charge is -2.29. The van der Waals surface area contributed by atoms with E-state index >= 15 is 0 Å². The molecular weight excluding hydrogens is 184 g/mol. The van der Waals surface area contributed by atoms with Crippen molar-refractivity contribution < 1.29 is 5.11 Å². The van der Waals surface area contributed by atoms with Gasteiger partial charge in [-0.3, -0.25) is 0 Å². The average Bonchev–Trinajstić information content (AvgIpc) is 3.12. The van der Waals surface area contributed by atoms with Gasteiger partial charge in [0.05, 0.1) is 5.60 Å². The van der Waals surface area contributed by atoms with Crippen molar-refractivity contribution in [1.29, 1.82) is 0 Å². The molecule has 0 bridgehead atoms. The number of hydrogen-bond donors (Lipinski definition) is 1. The molecule has 0 heterocycles. The first-order valence-electron chi connectivity index (χ1n) is 6.03. The monoisotopic (exact) mass is 204 g/mol.